The second-order valence-corrected chi connectivity index (χ2v) is 7.08. The van der Waals surface area contributed by atoms with Gasteiger partial charge in [-0.1, -0.05) is 30.7 Å². The zero-order chi connectivity index (χ0) is 20.0. The van der Waals surface area contributed by atoms with Gasteiger partial charge in [0.1, 0.15) is 0 Å². The van der Waals surface area contributed by atoms with E-state index in [-0.39, 0.29) is 12.0 Å². The molecule has 0 heterocycles. The summed E-state index contributed by atoms with van der Waals surface area (Å²) >= 11 is 5.52. The Balaban J connectivity index is 2.09. The average Bonchev–Trinajstić information content (AvgIpc) is 2.62. The smallest absolute Gasteiger partial charge is 0.338 e. The minimum absolute atomic E-state index is 0.143. The van der Waals surface area contributed by atoms with E-state index in [1.165, 1.54) is 16.7 Å². The number of carbonyl (C=O) groups is 1. The van der Waals surface area contributed by atoms with E-state index in [2.05, 4.69) is 49.6 Å². The van der Waals surface area contributed by atoms with Gasteiger partial charge in [-0.3, -0.25) is 0 Å². The Bertz CT molecular complexity index is 833. The third kappa shape index (κ3) is 5.54. The van der Waals surface area contributed by atoms with E-state index in [0.717, 1.165) is 17.7 Å². The number of nitrogens with one attached hydrogen (secondary N) is 2. The number of thiocarbonyl (C=S) groups is 1. The van der Waals surface area contributed by atoms with E-state index in [9.17, 15) is 4.79 Å². The fraction of sp³-hybridized carbons (Fsp3) is 0.364. The Morgan fingerprint density at radius 2 is 1.81 bits per heavy atom. The molecule has 144 valence electrons. The first-order valence-electron chi connectivity index (χ1n) is 9.28. The van der Waals surface area contributed by atoms with Gasteiger partial charge in [0, 0.05) is 5.69 Å². The van der Waals surface area contributed by atoms with Gasteiger partial charge < -0.3 is 15.4 Å². The van der Waals surface area contributed by atoms with Crippen LogP contribution >= 0.6 is 12.2 Å². The van der Waals surface area contributed by atoms with Gasteiger partial charge in [0.15, 0.2) is 5.11 Å². The van der Waals surface area contributed by atoms with Crippen molar-refractivity contribution in [3.8, 4) is 0 Å². The molecule has 0 fully saturated rings. The topological polar surface area (TPSA) is 50.4 Å². The highest BCUT2D eigenvalue weighted by Gasteiger charge is 2.14. The molecule has 1 atom stereocenters. The molecule has 0 aliphatic carbocycles. The molecule has 0 aliphatic heterocycles. The molecule has 2 aromatic carbocycles. The van der Waals surface area contributed by atoms with Gasteiger partial charge in [-0.15, -0.1) is 0 Å². The number of esters is 1. The number of benzene rings is 2. The lowest BCUT2D eigenvalue weighted by molar-refractivity contribution is 0.0526. The number of ether oxygens (including phenoxy) is 1. The predicted molar refractivity (Wildman–Crippen MR) is 115 cm³/mol. The van der Waals surface area contributed by atoms with Crippen LogP contribution in [0, 0.1) is 20.8 Å². The van der Waals surface area contributed by atoms with Crippen molar-refractivity contribution in [2.45, 2.75) is 47.1 Å². The van der Waals surface area contributed by atoms with E-state index in [4.69, 9.17) is 17.0 Å². The molecule has 0 saturated carbocycles. The standard InChI is InChI=1S/C22H28N2O2S/c1-6-19(18-10-8-14(3)12-15(18)4)23-22(27)24-20-11-9-17(13-16(20)5)21(25)26-7-2/h8-13,19H,6-7H2,1-5H3,(H2,23,24,27). The zero-order valence-electron chi connectivity index (χ0n) is 16.7. The Morgan fingerprint density at radius 1 is 1.07 bits per heavy atom. The summed E-state index contributed by atoms with van der Waals surface area (Å²) in [5.41, 5.74) is 6.11. The van der Waals surface area contributed by atoms with Crippen LogP contribution in [0.3, 0.4) is 0 Å². The van der Waals surface area contributed by atoms with Crippen LogP contribution in [0.15, 0.2) is 36.4 Å². The molecule has 0 bridgehead atoms. The lowest BCUT2D eigenvalue weighted by atomic mass is 9.98. The summed E-state index contributed by atoms with van der Waals surface area (Å²) in [7, 11) is 0. The minimum atomic E-state index is -0.311. The van der Waals surface area contributed by atoms with E-state index >= 15 is 0 Å². The molecule has 1 unspecified atom stereocenters. The predicted octanol–water partition coefficient (Wildman–Crippen LogP) is 5.23. The lowest BCUT2D eigenvalue weighted by Gasteiger charge is -2.22. The maximum atomic E-state index is 11.8. The number of rotatable bonds is 6. The number of aryl methyl sites for hydroxylation is 3. The molecule has 0 saturated heterocycles. The van der Waals surface area contributed by atoms with Crippen molar-refractivity contribution in [3.63, 3.8) is 0 Å². The Morgan fingerprint density at radius 3 is 2.41 bits per heavy atom. The fourth-order valence-corrected chi connectivity index (χ4v) is 3.33. The van der Waals surface area contributed by atoms with Crippen molar-refractivity contribution >= 4 is 29.0 Å². The lowest BCUT2D eigenvalue weighted by Crippen LogP contribution is -2.32. The van der Waals surface area contributed by atoms with Gasteiger partial charge in [0.2, 0.25) is 0 Å². The summed E-state index contributed by atoms with van der Waals surface area (Å²) in [6, 6.07) is 12.0. The van der Waals surface area contributed by atoms with Crippen molar-refractivity contribution in [2.75, 3.05) is 11.9 Å². The molecule has 5 heteroatoms. The molecule has 2 N–H and O–H groups in total. The quantitative estimate of drug-likeness (QED) is 0.528. The van der Waals surface area contributed by atoms with E-state index in [0.29, 0.717) is 17.3 Å². The highest BCUT2D eigenvalue weighted by atomic mass is 32.1. The van der Waals surface area contributed by atoms with Gasteiger partial charge in [0.25, 0.3) is 0 Å². The largest absolute Gasteiger partial charge is 0.462 e. The molecule has 2 aromatic rings. The molecule has 2 rings (SSSR count). The second-order valence-electron chi connectivity index (χ2n) is 6.67. The highest BCUT2D eigenvalue weighted by molar-refractivity contribution is 7.80. The molecular weight excluding hydrogens is 356 g/mol. The summed E-state index contributed by atoms with van der Waals surface area (Å²) in [5, 5.41) is 7.21. The van der Waals surface area contributed by atoms with Gasteiger partial charge in [-0.05, 0) is 81.2 Å². The summed E-state index contributed by atoms with van der Waals surface area (Å²) in [5.74, 6) is -0.311. The summed E-state index contributed by atoms with van der Waals surface area (Å²) in [6.45, 7) is 10.5. The maximum absolute atomic E-state index is 11.8. The van der Waals surface area contributed by atoms with Crippen LogP contribution in [-0.4, -0.2) is 17.7 Å². The van der Waals surface area contributed by atoms with Crippen LogP contribution in [0.1, 0.15) is 58.9 Å². The number of hydrogen-bond acceptors (Lipinski definition) is 3. The summed E-state index contributed by atoms with van der Waals surface area (Å²) in [4.78, 5) is 11.8. The van der Waals surface area contributed by atoms with Crippen molar-refractivity contribution in [3.05, 3.63) is 64.2 Å². The zero-order valence-corrected chi connectivity index (χ0v) is 17.5. The van der Waals surface area contributed by atoms with E-state index in [1.807, 2.05) is 19.1 Å². The van der Waals surface area contributed by atoms with Crippen LogP contribution < -0.4 is 10.6 Å². The van der Waals surface area contributed by atoms with Crippen molar-refractivity contribution < 1.29 is 9.53 Å². The van der Waals surface area contributed by atoms with Gasteiger partial charge in [0.05, 0.1) is 18.2 Å². The third-order valence-corrected chi connectivity index (χ3v) is 4.72. The fourth-order valence-electron chi connectivity index (χ4n) is 3.08. The normalized spacial score (nSPS) is 11.6. The molecule has 27 heavy (non-hydrogen) atoms. The van der Waals surface area contributed by atoms with Crippen molar-refractivity contribution in [1.82, 2.24) is 5.32 Å². The van der Waals surface area contributed by atoms with Gasteiger partial charge in [-0.2, -0.15) is 0 Å². The van der Waals surface area contributed by atoms with E-state index < -0.39 is 0 Å². The molecule has 0 amide bonds. The third-order valence-electron chi connectivity index (χ3n) is 4.50. The molecule has 0 aliphatic rings. The Kier molecular flexibility index (Phi) is 7.36. The summed E-state index contributed by atoms with van der Waals surface area (Å²) < 4.78 is 5.04. The average molecular weight is 385 g/mol. The molecule has 0 radical (unpaired) electrons. The Labute approximate surface area is 167 Å². The number of carbonyl (C=O) groups excluding carboxylic acids is 1. The van der Waals surface area contributed by atoms with Gasteiger partial charge in [-0.25, -0.2) is 4.79 Å². The maximum Gasteiger partial charge on any atom is 0.338 e. The van der Waals surface area contributed by atoms with Crippen LogP contribution in [0.5, 0.6) is 0 Å². The first-order chi connectivity index (χ1) is 12.8. The van der Waals surface area contributed by atoms with Gasteiger partial charge >= 0.3 is 5.97 Å². The number of hydrogen-bond donors (Lipinski definition) is 2. The molecule has 0 aromatic heterocycles. The SMILES string of the molecule is CCOC(=O)c1ccc(NC(=S)NC(CC)c2ccc(C)cc2C)c(C)c1. The Hall–Kier alpha value is -2.40. The van der Waals surface area contributed by atoms with Crippen molar-refractivity contribution in [2.24, 2.45) is 0 Å². The first kappa shape index (κ1) is 20.9. The molecule has 0 spiro atoms. The summed E-state index contributed by atoms with van der Waals surface area (Å²) in [6.07, 6.45) is 0.923. The van der Waals surface area contributed by atoms with Crippen LogP contribution in [0.2, 0.25) is 0 Å². The van der Waals surface area contributed by atoms with Crippen LogP contribution in [0.4, 0.5) is 5.69 Å². The first-order valence-corrected chi connectivity index (χ1v) is 9.69. The highest BCUT2D eigenvalue weighted by Crippen LogP contribution is 2.22. The second kappa shape index (κ2) is 9.51. The van der Waals surface area contributed by atoms with Crippen LogP contribution in [-0.2, 0) is 4.74 Å². The molecule has 4 nitrogen and oxygen atoms in total. The monoisotopic (exact) mass is 384 g/mol. The van der Waals surface area contributed by atoms with Crippen LogP contribution in [0.25, 0.3) is 0 Å². The number of anilines is 1. The molecular formula is C22H28N2O2S. The van der Waals surface area contributed by atoms with Crippen molar-refractivity contribution in [1.29, 1.82) is 0 Å². The minimum Gasteiger partial charge on any atom is -0.462 e. The van der Waals surface area contributed by atoms with E-state index in [1.54, 1.807) is 13.0 Å².